The molecule has 140 valence electrons. The fourth-order valence-corrected chi connectivity index (χ4v) is 4.54. The van der Waals surface area contributed by atoms with Crippen LogP contribution in [0.4, 0.5) is 4.39 Å². The van der Waals surface area contributed by atoms with E-state index in [9.17, 15) is 4.39 Å². The Kier molecular flexibility index (Phi) is 17.1. The van der Waals surface area contributed by atoms with Crippen LogP contribution in [-0.4, -0.2) is 14.7 Å². The van der Waals surface area contributed by atoms with E-state index in [-0.39, 0.29) is 6.67 Å². The highest BCUT2D eigenvalue weighted by atomic mass is 28.3. The summed E-state index contributed by atoms with van der Waals surface area (Å²) in [6, 6.07) is 1.52. The highest BCUT2D eigenvalue weighted by molar-refractivity contribution is 6.76. The molecule has 0 radical (unpaired) electrons. The van der Waals surface area contributed by atoms with Gasteiger partial charge in [0.05, 0.1) is 6.67 Å². The van der Waals surface area contributed by atoms with Crippen molar-refractivity contribution in [2.24, 2.45) is 0 Å². The standard InChI is InChI=1S/C21H45FSi/c1-23(2,3)21-19-17-15-13-11-9-7-5-4-6-8-10-12-14-16-18-20-22/h4-21H2,1-3H3. The minimum Gasteiger partial charge on any atom is -0.251 e. The molecule has 0 saturated heterocycles. The summed E-state index contributed by atoms with van der Waals surface area (Å²) in [7, 11) is -0.781. The molecule has 0 aromatic carbocycles. The van der Waals surface area contributed by atoms with Gasteiger partial charge in [-0.05, 0) is 6.42 Å². The number of hydrogen-bond donors (Lipinski definition) is 0. The first-order chi connectivity index (χ1) is 11.1. The predicted octanol–water partition coefficient (Wildman–Crippen LogP) is 8.54. The fraction of sp³-hybridized carbons (Fsp3) is 1.00. The topological polar surface area (TPSA) is 0 Å². The number of rotatable bonds is 18. The molecule has 0 aromatic heterocycles. The molecule has 23 heavy (non-hydrogen) atoms. The molecule has 0 N–H and O–H groups in total. The maximum atomic E-state index is 11.9. The van der Waals surface area contributed by atoms with Gasteiger partial charge in [-0.15, -0.1) is 0 Å². The average molecular weight is 345 g/mol. The van der Waals surface area contributed by atoms with Gasteiger partial charge in [-0.2, -0.15) is 0 Å². The lowest BCUT2D eigenvalue weighted by molar-refractivity contribution is 0.448. The maximum absolute atomic E-state index is 11.9. The van der Waals surface area contributed by atoms with E-state index in [0.29, 0.717) is 0 Å². The van der Waals surface area contributed by atoms with Crippen molar-refractivity contribution < 1.29 is 4.39 Å². The van der Waals surface area contributed by atoms with Crippen LogP contribution in [0.1, 0.15) is 103 Å². The molecule has 0 bridgehead atoms. The summed E-state index contributed by atoms with van der Waals surface area (Å²) in [4.78, 5) is 0. The van der Waals surface area contributed by atoms with Crippen molar-refractivity contribution in [2.45, 2.75) is 128 Å². The second-order valence-electron chi connectivity index (χ2n) is 8.66. The zero-order valence-electron chi connectivity index (χ0n) is 16.6. The smallest absolute Gasteiger partial charge is 0.0894 e. The van der Waals surface area contributed by atoms with Gasteiger partial charge in [0.15, 0.2) is 0 Å². The Morgan fingerprint density at radius 2 is 0.696 bits per heavy atom. The lowest BCUT2D eigenvalue weighted by Crippen LogP contribution is -2.18. The van der Waals surface area contributed by atoms with E-state index in [2.05, 4.69) is 19.6 Å². The molecule has 0 aromatic rings. The fourth-order valence-electron chi connectivity index (χ4n) is 3.22. The highest BCUT2D eigenvalue weighted by Gasteiger charge is 2.11. The Morgan fingerprint density at radius 3 is 0.957 bits per heavy atom. The summed E-state index contributed by atoms with van der Waals surface area (Å²) in [5, 5.41) is 0. The summed E-state index contributed by atoms with van der Waals surface area (Å²) in [5.74, 6) is 0. The van der Waals surface area contributed by atoms with E-state index in [0.717, 1.165) is 12.8 Å². The maximum Gasteiger partial charge on any atom is 0.0894 e. The predicted molar refractivity (Wildman–Crippen MR) is 108 cm³/mol. The number of hydrogen-bond acceptors (Lipinski definition) is 0. The Balaban J connectivity index is 3.00. The van der Waals surface area contributed by atoms with Crippen LogP contribution >= 0.6 is 0 Å². The first-order valence-corrected chi connectivity index (χ1v) is 14.3. The molecule has 0 saturated carbocycles. The van der Waals surface area contributed by atoms with Gasteiger partial charge < -0.3 is 0 Å². The first-order valence-electron chi connectivity index (χ1n) is 10.6. The monoisotopic (exact) mass is 344 g/mol. The van der Waals surface area contributed by atoms with Crippen molar-refractivity contribution in [1.29, 1.82) is 0 Å². The molecular formula is C21H45FSi. The molecule has 2 heteroatoms. The van der Waals surface area contributed by atoms with Gasteiger partial charge >= 0.3 is 0 Å². The van der Waals surface area contributed by atoms with Gasteiger partial charge in [0.2, 0.25) is 0 Å². The second-order valence-corrected chi connectivity index (χ2v) is 14.3. The van der Waals surface area contributed by atoms with Crippen molar-refractivity contribution >= 4 is 8.07 Å². The average Bonchev–Trinajstić information content (AvgIpc) is 2.49. The zero-order chi connectivity index (χ0) is 17.2. The second kappa shape index (κ2) is 17.0. The third-order valence-electron chi connectivity index (χ3n) is 4.81. The summed E-state index contributed by atoms with van der Waals surface area (Å²) in [6.07, 6.45) is 21.7. The minimum absolute atomic E-state index is 0.127. The van der Waals surface area contributed by atoms with Crippen LogP contribution in [0, 0.1) is 0 Å². The van der Waals surface area contributed by atoms with E-state index in [1.807, 2.05) is 0 Å². The summed E-state index contributed by atoms with van der Waals surface area (Å²) >= 11 is 0. The van der Waals surface area contributed by atoms with Crippen molar-refractivity contribution in [1.82, 2.24) is 0 Å². The van der Waals surface area contributed by atoms with Crippen LogP contribution < -0.4 is 0 Å². The first kappa shape index (κ1) is 23.1. The van der Waals surface area contributed by atoms with Crippen LogP contribution in [0.3, 0.4) is 0 Å². The molecule has 0 atom stereocenters. The van der Waals surface area contributed by atoms with Crippen molar-refractivity contribution in [3.63, 3.8) is 0 Å². The largest absolute Gasteiger partial charge is 0.251 e. The normalized spacial score (nSPS) is 12.0. The van der Waals surface area contributed by atoms with Gasteiger partial charge in [-0.25, -0.2) is 0 Å². The van der Waals surface area contributed by atoms with E-state index in [1.165, 1.54) is 95.9 Å². The molecule has 0 amide bonds. The van der Waals surface area contributed by atoms with Crippen LogP contribution in [-0.2, 0) is 0 Å². The molecular weight excluding hydrogens is 299 g/mol. The molecule has 0 nitrogen and oxygen atoms in total. The lowest BCUT2D eigenvalue weighted by Gasteiger charge is -2.14. The molecule has 0 fully saturated rings. The molecule has 0 heterocycles. The van der Waals surface area contributed by atoms with Gasteiger partial charge in [0, 0.05) is 8.07 Å². The molecule has 0 aliphatic heterocycles. The van der Waals surface area contributed by atoms with Crippen molar-refractivity contribution in [3.8, 4) is 0 Å². The molecule has 0 unspecified atom stereocenters. The lowest BCUT2D eigenvalue weighted by atomic mass is 10.0. The zero-order valence-corrected chi connectivity index (χ0v) is 17.6. The number of unbranched alkanes of at least 4 members (excludes halogenated alkanes) is 15. The Morgan fingerprint density at radius 1 is 0.435 bits per heavy atom. The van der Waals surface area contributed by atoms with Gasteiger partial charge in [0.1, 0.15) is 0 Å². The third-order valence-corrected chi connectivity index (χ3v) is 6.66. The Hall–Kier alpha value is 0.147. The van der Waals surface area contributed by atoms with Crippen LogP contribution in [0.5, 0.6) is 0 Å². The van der Waals surface area contributed by atoms with E-state index in [4.69, 9.17) is 0 Å². The van der Waals surface area contributed by atoms with Crippen molar-refractivity contribution in [3.05, 3.63) is 0 Å². The minimum atomic E-state index is -0.781. The van der Waals surface area contributed by atoms with Crippen molar-refractivity contribution in [2.75, 3.05) is 6.67 Å². The Bertz CT molecular complexity index is 222. The molecule has 0 aliphatic rings. The summed E-state index contributed by atoms with van der Waals surface area (Å²) in [6.45, 7) is 7.33. The quantitative estimate of drug-likeness (QED) is 0.172. The SMILES string of the molecule is C[Si](C)(C)CCCCCCCCCCCCCCCCCCF. The van der Waals surface area contributed by atoms with Crippen LogP contribution in [0.2, 0.25) is 25.7 Å². The van der Waals surface area contributed by atoms with E-state index >= 15 is 0 Å². The Labute approximate surface area is 148 Å². The molecule has 0 aliphatic carbocycles. The summed E-state index contributed by atoms with van der Waals surface area (Å²) < 4.78 is 11.9. The molecule has 0 rings (SSSR count). The van der Waals surface area contributed by atoms with E-state index < -0.39 is 8.07 Å². The van der Waals surface area contributed by atoms with E-state index in [1.54, 1.807) is 0 Å². The van der Waals surface area contributed by atoms with Gasteiger partial charge in [-0.1, -0.05) is 122 Å². The van der Waals surface area contributed by atoms with Crippen LogP contribution in [0.25, 0.3) is 0 Å². The van der Waals surface area contributed by atoms with Gasteiger partial charge in [0.25, 0.3) is 0 Å². The third kappa shape index (κ3) is 22.1. The van der Waals surface area contributed by atoms with Crippen LogP contribution in [0.15, 0.2) is 0 Å². The highest BCUT2D eigenvalue weighted by Crippen LogP contribution is 2.16. The molecule has 0 spiro atoms. The number of alkyl halides is 1. The summed E-state index contributed by atoms with van der Waals surface area (Å²) in [5.41, 5.74) is 0. The van der Waals surface area contributed by atoms with Gasteiger partial charge in [-0.3, -0.25) is 4.39 Å². The number of halogens is 1.